The van der Waals surface area contributed by atoms with E-state index in [1.807, 2.05) is 0 Å². The Morgan fingerprint density at radius 2 is 1.76 bits per heavy atom. The van der Waals surface area contributed by atoms with Gasteiger partial charge in [0, 0.05) is 16.9 Å². The van der Waals surface area contributed by atoms with Gasteiger partial charge in [0.2, 0.25) is 5.95 Å². The predicted octanol–water partition coefficient (Wildman–Crippen LogP) is 6.22. The van der Waals surface area contributed by atoms with Crippen molar-refractivity contribution in [2.45, 2.75) is 6.92 Å². The Morgan fingerprint density at radius 1 is 1.00 bits per heavy atom. The monoisotopic (exact) mass is 445 g/mol. The second kappa shape index (κ2) is 7.91. The van der Waals surface area contributed by atoms with Crippen molar-refractivity contribution in [1.82, 2.24) is 15.0 Å². The van der Waals surface area contributed by atoms with Crippen LogP contribution in [0, 0.1) is 6.92 Å². The summed E-state index contributed by atoms with van der Waals surface area (Å²) < 4.78 is 0. The van der Waals surface area contributed by atoms with Gasteiger partial charge in [0.25, 0.3) is 5.91 Å². The number of para-hydroxylation sites is 1. The highest BCUT2D eigenvalue weighted by atomic mass is 35.5. The molecule has 0 fully saturated rings. The van der Waals surface area contributed by atoms with Gasteiger partial charge < -0.3 is 15.6 Å². The first-order valence-corrected chi connectivity index (χ1v) is 9.69. The van der Waals surface area contributed by atoms with Crippen LogP contribution in [0.3, 0.4) is 0 Å². The standard InChI is InChI=1S/C20H14Cl3N5O/c1-10-7-12(9-17(23)24-10)25-19(29)11-5-6-15-16(8-11)27-20(26-15)28-18-13(21)3-2-4-14(18)22/h2-9H,1H3,(H,24,25,29)(H2,26,27,28). The first-order valence-electron chi connectivity index (χ1n) is 8.55. The van der Waals surface area contributed by atoms with E-state index >= 15 is 0 Å². The normalized spacial score (nSPS) is 10.9. The van der Waals surface area contributed by atoms with Crippen molar-refractivity contribution < 1.29 is 4.79 Å². The quantitative estimate of drug-likeness (QED) is 0.325. The number of imidazole rings is 1. The third kappa shape index (κ3) is 4.29. The average Bonchev–Trinajstić information content (AvgIpc) is 3.05. The van der Waals surface area contributed by atoms with Crippen molar-refractivity contribution in [2.24, 2.45) is 0 Å². The number of carbonyl (C=O) groups is 1. The highest BCUT2D eigenvalue weighted by Gasteiger charge is 2.12. The second-order valence-corrected chi connectivity index (χ2v) is 7.51. The molecule has 0 bridgehead atoms. The molecule has 0 unspecified atom stereocenters. The minimum Gasteiger partial charge on any atom is -0.324 e. The van der Waals surface area contributed by atoms with Crippen LogP contribution >= 0.6 is 34.8 Å². The summed E-state index contributed by atoms with van der Waals surface area (Å²) in [4.78, 5) is 24.3. The van der Waals surface area contributed by atoms with E-state index < -0.39 is 0 Å². The molecule has 0 atom stereocenters. The molecule has 0 aliphatic carbocycles. The summed E-state index contributed by atoms with van der Waals surface area (Å²) in [6.45, 7) is 1.80. The molecular formula is C20H14Cl3N5O. The van der Waals surface area contributed by atoms with E-state index in [2.05, 4.69) is 25.6 Å². The Bertz CT molecular complexity index is 1200. The fraction of sp³-hybridized carbons (Fsp3) is 0.0500. The number of H-pyrrole nitrogens is 1. The SMILES string of the molecule is Cc1cc(NC(=O)c2ccc3nc(Nc4c(Cl)cccc4Cl)[nH]c3c2)cc(Cl)n1. The molecule has 0 saturated carbocycles. The van der Waals surface area contributed by atoms with E-state index in [0.717, 1.165) is 0 Å². The average molecular weight is 447 g/mol. The zero-order chi connectivity index (χ0) is 20.5. The summed E-state index contributed by atoms with van der Waals surface area (Å²) in [6, 6.07) is 13.7. The number of aromatic amines is 1. The van der Waals surface area contributed by atoms with Crippen LogP contribution < -0.4 is 10.6 Å². The first-order chi connectivity index (χ1) is 13.9. The number of hydrogen-bond donors (Lipinski definition) is 3. The van der Waals surface area contributed by atoms with Gasteiger partial charge in [0.05, 0.1) is 26.8 Å². The third-order valence-corrected chi connectivity index (χ3v) is 4.95. The Balaban J connectivity index is 1.59. The number of benzene rings is 2. The Labute approximate surface area is 181 Å². The number of nitrogens with one attached hydrogen (secondary N) is 3. The summed E-state index contributed by atoms with van der Waals surface area (Å²) in [7, 11) is 0. The van der Waals surface area contributed by atoms with Crippen LogP contribution in [0.15, 0.2) is 48.5 Å². The van der Waals surface area contributed by atoms with Crippen molar-refractivity contribution in [2.75, 3.05) is 10.6 Å². The number of nitrogens with zero attached hydrogens (tertiary/aromatic N) is 2. The van der Waals surface area contributed by atoms with Gasteiger partial charge in [-0.05, 0) is 49.4 Å². The molecule has 9 heteroatoms. The molecular weight excluding hydrogens is 433 g/mol. The van der Waals surface area contributed by atoms with Crippen LogP contribution in [0.4, 0.5) is 17.3 Å². The molecule has 2 aromatic carbocycles. The van der Waals surface area contributed by atoms with Gasteiger partial charge in [0.15, 0.2) is 0 Å². The Morgan fingerprint density at radius 3 is 2.48 bits per heavy atom. The third-order valence-electron chi connectivity index (χ3n) is 4.13. The molecule has 0 aliphatic heterocycles. The number of rotatable bonds is 4. The maximum atomic E-state index is 12.6. The molecule has 2 heterocycles. The maximum Gasteiger partial charge on any atom is 0.255 e. The van der Waals surface area contributed by atoms with Gasteiger partial charge in [-0.15, -0.1) is 0 Å². The highest BCUT2D eigenvalue weighted by molar-refractivity contribution is 6.39. The molecule has 1 amide bonds. The zero-order valence-corrected chi connectivity index (χ0v) is 17.3. The minimum absolute atomic E-state index is 0.271. The number of halogens is 3. The van der Waals surface area contributed by atoms with E-state index in [1.54, 1.807) is 55.5 Å². The van der Waals surface area contributed by atoms with Crippen LogP contribution in [-0.2, 0) is 0 Å². The van der Waals surface area contributed by atoms with E-state index in [-0.39, 0.29) is 5.91 Å². The van der Waals surface area contributed by atoms with Crippen LogP contribution in [0.1, 0.15) is 16.1 Å². The lowest BCUT2D eigenvalue weighted by molar-refractivity contribution is 0.102. The lowest BCUT2D eigenvalue weighted by Crippen LogP contribution is -2.12. The van der Waals surface area contributed by atoms with Crippen molar-refractivity contribution in [3.63, 3.8) is 0 Å². The number of carbonyl (C=O) groups excluding carboxylic acids is 1. The Hall–Kier alpha value is -2.80. The lowest BCUT2D eigenvalue weighted by atomic mass is 10.2. The summed E-state index contributed by atoms with van der Waals surface area (Å²) in [5, 5.41) is 7.17. The van der Waals surface area contributed by atoms with E-state index in [1.165, 1.54) is 0 Å². The summed E-state index contributed by atoms with van der Waals surface area (Å²) >= 11 is 18.3. The fourth-order valence-corrected chi connectivity index (χ4v) is 3.59. The summed E-state index contributed by atoms with van der Waals surface area (Å²) in [6.07, 6.45) is 0. The first kappa shape index (κ1) is 19.5. The van der Waals surface area contributed by atoms with Crippen LogP contribution in [0.5, 0.6) is 0 Å². The fourth-order valence-electron chi connectivity index (χ4n) is 2.85. The van der Waals surface area contributed by atoms with Gasteiger partial charge >= 0.3 is 0 Å². The molecule has 0 saturated heterocycles. The number of amides is 1. The molecule has 29 heavy (non-hydrogen) atoms. The molecule has 2 aromatic heterocycles. The molecule has 4 rings (SSSR count). The second-order valence-electron chi connectivity index (χ2n) is 6.31. The minimum atomic E-state index is -0.271. The smallest absolute Gasteiger partial charge is 0.255 e. The molecule has 6 nitrogen and oxygen atoms in total. The molecule has 0 aliphatic rings. The van der Waals surface area contributed by atoms with Crippen LogP contribution in [0.25, 0.3) is 11.0 Å². The van der Waals surface area contributed by atoms with Crippen molar-refractivity contribution >= 4 is 69.1 Å². The lowest BCUT2D eigenvalue weighted by Gasteiger charge is -2.07. The van der Waals surface area contributed by atoms with Gasteiger partial charge in [-0.2, -0.15) is 0 Å². The topological polar surface area (TPSA) is 82.7 Å². The van der Waals surface area contributed by atoms with Gasteiger partial charge in [-0.25, -0.2) is 9.97 Å². The summed E-state index contributed by atoms with van der Waals surface area (Å²) in [5.41, 5.74) is 3.69. The van der Waals surface area contributed by atoms with Crippen molar-refractivity contribution in [3.8, 4) is 0 Å². The number of anilines is 3. The number of pyridine rings is 1. The predicted molar refractivity (Wildman–Crippen MR) is 118 cm³/mol. The number of fused-ring (bicyclic) bond motifs is 1. The zero-order valence-electron chi connectivity index (χ0n) is 15.1. The molecule has 0 spiro atoms. The van der Waals surface area contributed by atoms with E-state index in [4.69, 9.17) is 34.8 Å². The van der Waals surface area contributed by atoms with Gasteiger partial charge in [-0.3, -0.25) is 4.79 Å². The molecule has 0 radical (unpaired) electrons. The maximum absolute atomic E-state index is 12.6. The van der Waals surface area contributed by atoms with Gasteiger partial charge in [-0.1, -0.05) is 40.9 Å². The van der Waals surface area contributed by atoms with Crippen molar-refractivity contribution in [3.05, 3.63) is 75.0 Å². The largest absolute Gasteiger partial charge is 0.324 e. The molecule has 3 N–H and O–H groups in total. The van der Waals surface area contributed by atoms with E-state index in [9.17, 15) is 4.79 Å². The number of hydrogen-bond acceptors (Lipinski definition) is 4. The van der Waals surface area contributed by atoms with Gasteiger partial charge in [0.1, 0.15) is 5.15 Å². The van der Waals surface area contributed by atoms with Crippen LogP contribution in [0.2, 0.25) is 15.2 Å². The van der Waals surface area contributed by atoms with Crippen LogP contribution in [-0.4, -0.2) is 20.9 Å². The Kier molecular flexibility index (Phi) is 5.32. The molecule has 4 aromatic rings. The highest BCUT2D eigenvalue weighted by Crippen LogP contribution is 2.32. The molecule has 146 valence electrons. The van der Waals surface area contributed by atoms with E-state index in [0.29, 0.717) is 54.8 Å². The van der Waals surface area contributed by atoms with Crippen molar-refractivity contribution in [1.29, 1.82) is 0 Å². The summed E-state index contributed by atoms with van der Waals surface area (Å²) in [5.74, 6) is 0.191. The number of aryl methyl sites for hydroxylation is 1. The number of aromatic nitrogens is 3.